The number of nitrogens with zero attached hydrogens (tertiary/aromatic N) is 4. The Labute approximate surface area is 196 Å². The Morgan fingerprint density at radius 1 is 1.36 bits per heavy atom. The normalized spacial score (nSPS) is 11.1. The van der Waals surface area contributed by atoms with Crippen LogP contribution in [0.3, 0.4) is 0 Å². The molecule has 2 rings (SSSR count). The molecule has 0 spiro atoms. The zero-order chi connectivity index (χ0) is 25.8. The number of hydrogen-bond acceptors (Lipinski definition) is 6. The zero-order valence-electron chi connectivity index (χ0n) is 19.6. The summed E-state index contributed by atoms with van der Waals surface area (Å²) in [7, 11) is 0. The summed E-state index contributed by atoms with van der Waals surface area (Å²) in [5.41, 5.74) is 0.748. The summed E-state index contributed by atoms with van der Waals surface area (Å²) in [5.74, 6) is -2.58. The monoisotopic (exact) mass is 481 g/mol. The first-order valence-electron chi connectivity index (χ1n) is 10.1. The number of thioether (sulfide) groups is 1. The fraction of sp³-hybridized carbons (Fsp3) is 0.409. The van der Waals surface area contributed by atoms with E-state index < -0.39 is 16.5 Å². The van der Waals surface area contributed by atoms with Gasteiger partial charge in [-0.25, -0.2) is 23.2 Å². The van der Waals surface area contributed by atoms with Crippen molar-refractivity contribution in [3.8, 4) is 11.8 Å². The van der Waals surface area contributed by atoms with Gasteiger partial charge in [0.05, 0.1) is 21.1 Å². The van der Waals surface area contributed by atoms with Gasteiger partial charge >= 0.3 is 5.69 Å². The number of aromatic nitrogens is 3. The minimum Gasteiger partial charge on any atom is -0.259 e. The van der Waals surface area contributed by atoms with Crippen LogP contribution in [0.4, 0.5) is 8.78 Å². The van der Waals surface area contributed by atoms with E-state index in [2.05, 4.69) is 16.8 Å². The molecule has 0 atom stereocenters. The van der Waals surface area contributed by atoms with Gasteiger partial charge in [0.1, 0.15) is 6.07 Å². The molecular weight excluding hydrogens is 452 g/mol. The van der Waals surface area contributed by atoms with Crippen molar-refractivity contribution in [2.75, 3.05) is 0 Å². The number of nitro groups is 1. The first kappa shape index (κ1) is 29.7. The molecule has 1 N–H and O–H groups in total. The molecule has 0 bridgehead atoms. The Balaban J connectivity index is 0.000000786. The van der Waals surface area contributed by atoms with E-state index in [4.69, 9.17) is 5.26 Å². The minimum atomic E-state index is -2.58. The van der Waals surface area contributed by atoms with Gasteiger partial charge in [-0.3, -0.25) is 10.1 Å². The van der Waals surface area contributed by atoms with E-state index in [0.717, 1.165) is 18.7 Å². The number of H-pyrrole nitrogens is 1. The standard InChI is InChI=1S/C13H11N5O3S.C7H12F2.C2H6/c1-8(18(20)21)9(2)22-13-16-15-12(19)17(13)11-6-4-3-5-10(11)7-14;1-4-6(2)5-7(3,8)9;1-2/h3-6H,1-2H3,(H,15,19);2,4-5H2,1,3H3;1-2H3/b9-8-;;. The lowest BCUT2D eigenvalue weighted by Crippen LogP contribution is -2.16. The van der Waals surface area contributed by atoms with Crippen molar-refractivity contribution in [2.45, 2.75) is 65.5 Å². The second-order valence-corrected chi connectivity index (χ2v) is 7.81. The predicted octanol–water partition coefficient (Wildman–Crippen LogP) is 6.08. The lowest BCUT2D eigenvalue weighted by Gasteiger charge is -2.09. The van der Waals surface area contributed by atoms with E-state index in [-0.39, 0.29) is 17.3 Å². The van der Waals surface area contributed by atoms with Crippen molar-refractivity contribution in [3.63, 3.8) is 0 Å². The van der Waals surface area contributed by atoms with Crippen molar-refractivity contribution in [2.24, 2.45) is 0 Å². The summed E-state index contributed by atoms with van der Waals surface area (Å²) >= 11 is 0.991. The zero-order valence-corrected chi connectivity index (χ0v) is 20.4. The molecule has 1 aromatic heterocycles. The smallest absolute Gasteiger partial charge is 0.259 e. The fourth-order valence-electron chi connectivity index (χ4n) is 2.23. The number of alkyl halides is 2. The number of halogens is 2. The quantitative estimate of drug-likeness (QED) is 0.222. The van der Waals surface area contributed by atoms with Crippen LogP contribution >= 0.6 is 11.8 Å². The molecule has 0 unspecified atom stereocenters. The van der Waals surface area contributed by atoms with Gasteiger partial charge in [0.15, 0.2) is 0 Å². The molecule has 0 saturated carbocycles. The minimum absolute atomic E-state index is 0.0273. The van der Waals surface area contributed by atoms with E-state index in [1.54, 1.807) is 31.2 Å². The van der Waals surface area contributed by atoms with Gasteiger partial charge in [-0.2, -0.15) is 5.26 Å². The molecule has 0 aliphatic rings. The molecule has 0 fully saturated rings. The summed E-state index contributed by atoms with van der Waals surface area (Å²) in [6, 6.07) is 8.56. The van der Waals surface area contributed by atoms with Crippen LogP contribution in [0.25, 0.3) is 5.69 Å². The highest BCUT2D eigenvalue weighted by Crippen LogP contribution is 2.28. The Morgan fingerprint density at radius 2 is 1.94 bits per heavy atom. The lowest BCUT2D eigenvalue weighted by atomic mass is 10.1. The Kier molecular flexibility index (Phi) is 12.6. The SMILES string of the molecule is C/C(Sc1n[nH]c(=O)n1-c1ccccc1C#N)=C(\C)[N+](=O)[O-].C=C(CC)CC(C)(F)F.CC. The summed E-state index contributed by atoms with van der Waals surface area (Å²) in [6.07, 6.45) is 0.465. The van der Waals surface area contributed by atoms with E-state index in [0.29, 0.717) is 28.1 Å². The van der Waals surface area contributed by atoms with E-state index in [1.165, 1.54) is 11.5 Å². The van der Waals surface area contributed by atoms with Gasteiger partial charge in [0.2, 0.25) is 11.1 Å². The molecule has 0 saturated heterocycles. The summed E-state index contributed by atoms with van der Waals surface area (Å²) in [4.78, 5) is 22.7. The molecule has 33 heavy (non-hydrogen) atoms. The van der Waals surface area contributed by atoms with Crippen LogP contribution in [0.2, 0.25) is 0 Å². The molecule has 0 aliphatic heterocycles. The summed E-state index contributed by atoms with van der Waals surface area (Å²) < 4.78 is 25.4. The number of nitrogens with one attached hydrogen (secondary N) is 1. The number of benzene rings is 1. The topological polar surface area (TPSA) is 118 Å². The van der Waals surface area contributed by atoms with Crippen molar-refractivity contribution in [3.05, 3.63) is 73.2 Å². The van der Waals surface area contributed by atoms with E-state index in [1.807, 2.05) is 26.8 Å². The van der Waals surface area contributed by atoms with Crippen molar-refractivity contribution < 1.29 is 13.7 Å². The van der Waals surface area contributed by atoms with Gasteiger partial charge in [-0.1, -0.05) is 45.1 Å². The van der Waals surface area contributed by atoms with Crippen LogP contribution in [0, 0.1) is 21.4 Å². The maximum absolute atomic E-state index is 12.1. The van der Waals surface area contributed by atoms with Gasteiger partial charge in [0, 0.05) is 13.3 Å². The third-order valence-electron chi connectivity index (χ3n) is 4.00. The van der Waals surface area contributed by atoms with Crippen LogP contribution in [0.5, 0.6) is 0 Å². The van der Waals surface area contributed by atoms with Gasteiger partial charge < -0.3 is 0 Å². The summed E-state index contributed by atoms with van der Waals surface area (Å²) in [6.45, 7) is 13.2. The predicted molar refractivity (Wildman–Crippen MR) is 126 cm³/mol. The number of allylic oxidation sites excluding steroid dienone is 3. The molecule has 0 radical (unpaired) electrons. The number of rotatable bonds is 7. The molecule has 1 aromatic carbocycles. The third-order valence-corrected chi connectivity index (χ3v) is 5.05. The number of para-hydroxylation sites is 1. The fourth-order valence-corrected chi connectivity index (χ4v) is 3.09. The second-order valence-electron chi connectivity index (χ2n) is 6.63. The number of nitriles is 1. The lowest BCUT2D eigenvalue weighted by molar-refractivity contribution is -0.424. The van der Waals surface area contributed by atoms with Crippen LogP contribution in [0.1, 0.15) is 59.9 Å². The highest BCUT2D eigenvalue weighted by Gasteiger charge is 2.21. The largest absolute Gasteiger partial charge is 0.348 e. The Bertz CT molecular complexity index is 1080. The van der Waals surface area contributed by atoms with Crippen molar-refractivity contribution >= 4 is 11.8 Å². The highest BCUT2D eigenvalue weighted by molar-refractivity contribution is 8.02. The van der Waals surface area contributed by atoms with Crippen LogP contribution in [-0.2, 0) is 0 Å². The number of hydrogen-bond donors (Lipinski definition) is 1. The van der Waals surface area contributed by atoms with Crippen LogP contribution in [0.15, 0.2) is 57.0 Å². The molecule has 180 valence electrons. The molecule has 2 aromatic rings. The molecular formula is C22H29F2N5O3S. The van der Waals surface area contributed by atoms with Gasteiger partial charge in [-0.05, 0) is 44.2 Å². The highest BCUT2D eigenvalue weighted by atomic mass is 32.2. The average Bonchev–Trinajstić information content (AvgIpc) is 3.13. The third kappa shape index (κ3) is 9.82. The van der Waals surface area contributed by atoms with Crippen molar-refractivity contribution in [1.82, 2.24) is 14.8 Å². The second kappa shape index (κ2) is 14.0. The van der Waals surface area contributed by atoms with Gasteiger partial charge in [0.25, 0.3) is 5.70 Å². The Hall–Kier alpha value is -3.26. The first-order chi connectivity index (χ1) is 15.4. The maximum atomic E-state index is 12.1. The van der Waals surface area contributed by atoms with Crippen molar-refractivity contribution in [1.29, 1.82) is 5.26 Å². The molecule has 0 aliphatic carbocycles. The van der Waals surface area contributed by atoms with E-state index >= 15 is 0 Å². The molecule has 1 heterocycles. The summed E-state index contributed by atoms with van der Waals surface area (Å²) in [5, 5.41) is 26.3. The van der Waals surface area contributed by atoms with Crippen LogP contribution < -0.4 is 5.69 Å². The Morgan fingerprint density at radius 3 is 2.39 bits per heavy atom. The molecule has 11 heteroatoms. The average molecular weight is 482 g/mol. The first-order valence-corrected chi connectivity index (χ1v) is 10.9. The van der Waals surface area contributed by atoms with Gasteiger partial charge in [-0.15, -0.1) is 5.10 Å². The molecule has 0 amide bonds. The maximum Gasteiger partial charge on any atom is 0.348 e. The van der Waals surface area contributed by atoms with E-state index in [9.17, 15) is 23.7 Å². The number of aromatic amines is 1. The molecule has 8 nitrogen and oxygen atoms in total. The van der Waals surface area contributed by atoms with Crippen LogP contribution in [-0.4, -0.2) is 25.6 Å².